The summed E-state index contributed by atoms with van der Waals surface area (Å²) in [6.07, 6.45) is 1.70. The lowest BCUT2D eigenvalue weighted by Crippen LogP contribution is -2.43. The van der Waals surface area contributed by atoms with Crippen molar-refractivity contribution in [3.8, 4) is 0 Å². The minimum Gasteiger partial charge on any atom is -0.373 e. The van der Waals surface area contributed by atoms with E-state index in [2.05, 4.69) is 17.6 Å². The van der Waals surface area contributed by atoms with Gasteiger partial charge in [0.2, 0.25) is 0 Å². The van der Waals surface area contributed by atoms with Gasteiger partial charge < -0.3 is 4.74 Å². The normalized spacial score (nSPS) is 14.7. The van der Waals surface area contributed by atoms with E-state index >= 15 is 0 Å². The Labute approximate surface area is 129 Å². The smallest absolute Gasteiger partial charge is 0.135 e. The van der Waals surface area contributed by atoms with Crippen LogP contribution in [0.3, 0.4) is 0 Å². The van der Waals surface area contributed by atoms with Gasteiger partial charge in [0.1, 0.15) is 5.78 Å². The second-order valence-corrected chi connectivity index (χ2v) is 8.09. The molecule has 0 bridgehead atoms. The average Bonchev–Trinajstić information content (AvgIpc) is 2.24. The summed E-state index contributed by atoms with van der Waals surface area (Å²) in [7, 11) is 0. The molecular formula is C16H32N2O3. The van der Waals surface area contributed by atoms with Gasteiger partial charge in [0.25, 0.3) is 0 Å². The molecule has 1 N–H and O–H groups in total. The number of ether oxygens (including phenoxy) is 1. The van der Waals surface area contributed by atoms with Crippen LogP contribution in [0.4, 0.5) is 0 Å². The number of nitrogens with one attached hydrogen (secondary N) is 1. The molecule has 1 unspecified atom stereocenters. The highest BCUT2D eigenvalue weighted by atomic mass is 16.5. The molecule has 0 aromatic heterocycles. The van der Waals surface area contributed by atoms with Gasteiger partial charge >= 0.3 is 0 Å². The molecule has 124 valence electrons. The SMILES string of the molecule is CC(=O)C(C)(C)CC(C)CC(C)(C)OCC(C)(C)NN=O. The van der Waals surface area contributed by atoms with Gasteiger partial charge in [0.05, 0.1) is 23.0 Å². The van der Waals surface area contributed by atoms with Gasteiger partial charge in [-0.1, -0.05) is 20.8 Å². The van der Waals surface area contributed by atoms with E-state index in [9.17, 15) is 9.70 Å². The van der Waals surface area contributed by atoms with Gasteiger partial charge in [0, 0.05) is 5.41 Å². The quantitative estimate of drug-likeness (QED) is 0.491. The molecule has 0 saturated heterocycles. The van der Waals surface area contributed by atoms with E-state index < -0.39 is 5.54 Å². The van der Waals surface area contributed by atoms with Crippen molar-refractivity contribution in [3.63, 3.8) is 0 Å². The van der Waals surface area contributed by atoms with Gasteiger partial charge in [0.15, 0.2) is 0 Å². The lowest BCUT2D eigenvalue weighted by molar-refractivity contribution is -0.126. The number of hydrogen-bond donors (Lipinski definition) is 1. The van der Waals surface area contributed by atoms with Gasteiger partial charge in [-0.25, -0.2) is 0 Å². The Kier molecular flexibility index (Phi) is 7.00. The molecule has 0 rings (SSSR count). The van der Waals surface area contributed by atoms with Crippen LogP contribution in [0.1, 0.15) is 68.2 Å². The molecule has 0 aromatic carbocycles. The highest BCUT2D eigenvalue weighted by Crippen LogP contribution is 2.32. The van der Waals surface area contributed by atoms with E-state index in [-0.39, 0.29) is 16.8 Å². The average molecular weight is 300 g/mol. The lowest BCUT2D eigenvalue weighted by Gasteiger charge is -2.34. The molecule has 1 atom stereocenters. The van der Waals surface area contributed by atoms with Crippen LogP contribution in [0.2, 0.25) is 0 Å². The van der Waals surface area contributed by atoms with Crippen LogP contribution in [0.25, 0.3) is 0 Å². The van der Waals surface area contributed by atoms with Crippen LogP contribution < -0.4 is 5.43 Å². The Morgan fingerprint density at radius 2 is 1.67 bits per heavy atom. The molecule has 0 aliphatic heterocycles. The number of nitroso groups, excluding NO2 is 1. The van der Waals surface area contributed by atoms with Crippen LogP contribution in [-0.2, 0) is 9.53 Å². The van der Waals surface area contributed by atoms with Crippen LogP contribution in [0.15, 0.2) is 5.29 Å². The number of nitrogens with zero attached hydrogens (tertiary/aromatic N) is 1. The van der Waals surface area contributed by atoms with Crippen LogP contribution >= 0.6 is 0 Å². The Bertz CT molecular complexity index is 363. The molecule has 0 spiro atoms. The predicted molar refractivity (Wildman–Crippen MR) is 85.9 cm³/mol. The first-order valence-electron chi connectivity index (χ1n) is 7.56. The van der Waals surface area contributed by atoms with Crippen LogP contribution in [0, 0.1) is 16.2 Å². The number of hydrogen-bond acceptors (Lipinski definition) is 4. The van der Waals surface area contributed by atoms with Crippen molar-refractivity contribution >= 4 is 5.78 Å². The third-order valence-electron chi connectivity index (χ3n) is 3.82. The van der Waals surface area contributed by atoms with Crippen LogP contribution in [0.5, 0.6) is 0 Å². The number of Topliss-reactive ketones (excluding diaryl/α,β-unsaturated/α-hetero) is 1. The number of ketones is 1. The number of carbonyl (C=O) groups is 1. The fourth-order valence-corrected chi connectivity index (χ4v) is 2.52. The van der Waals surface area contributed by atoms with E-state index in [1.807, 2.05) is 41.5 Å². The topological polar surface area (TPSA) is 67.8 Å². The van der Waals surface area contributed by atoms with Crippen molar-refractivity contribution in [2.75, 3.05) is 6.61 Å². The monoisotopic (exact) mass is 300 g/mol. The Hall–Kier alpha value is -0.970. The third-order valence-corrected chi connectivity index (χ3v) is 3.82. The maximum Gasteiger partial charge on any atom is 0.135 e. The molecule has 5 heteroatoms. The summed E-state index contributed by atoms with van der Waals surface area (Å²) in [6.45, 7) is 16.0. The van der Waals surface area contributed by atoms with Crippen LogP contribution in [-0.4, -0.2) is 23.5 Å². The summed E-state index contributed by atoms with van der Waals surface area (Å²) in [6, 6.07) is 0. The fourth-order valence-electron chi connectivity index (χ4n) is 2.52. The van der Waals surface area contributed by atoms with Crippen molar-refractivity contribution < 1.29 is 9.53 Å². The Balaban J connectivity index is 4.47. The molecule has 0 aliphatic rings. The second-order valence-electron chi connectivity index (χ2n) is 8.09. The summed E-state index contributed by atoms with van der Waals surface area (Å²) in [5, 5.41) is 2.72. The number of carbonyl (C=O) groups excluding carboxylic acids is 1. The molecular weight excluding hydrogens is 268 g/mol. The zero-order valence-electron chi connectivity index (χ0n) is 14.9. The summed E-state index contributed by atoms with van der Waals surface area (Å²) in [4.78, 5) is 21.9. The molecule has 0 heterocycles. The molecule has 0 saturated carbocycles. The van der Waals surface area contributed by atoms with Crippen molar-refractivity contribution in [3.05, 3.63) is 4.91 Å². The molecule has 0 aromatic rings. The van der Waals surface area contributed by atoms with E-state index in [1.54, 1.807) is 6.92 Å². The number of rotatable bonds is 10. The molecule has 0 aliphatic carbocycles. The molecule has 0 radical (unpaired) electrons. The third kappa shape index (κ3) is 8.15. The Morgan fingerprint density at radius 3 is 2.10 bits per heavy atom. The highest BCUT2D eigenvalue weighted by molar-refractivity contribution is 5.81. The molecule has 21 heavy (non-hydrogen) atoms. The van der Waals surface area contributed by atoms with Gasteiger partial charge in [-0.3, -0.25) is 10.2 Å². The van der Waals surface area contributed by atoms with Crippen molar-refractivity contribution in [1.82, 2.24) is 5.43 Å². The van der Waals surface area contributed by atoms with Crippen molar-refractivity contribution in [2.45, 2.75) is 79.4 Å². The predicted octanol–water partition coefficient (Wildman–Crippen LogP) is 3.86. The standard InChI is InChI=1S/C16H32N2O3/c1-12(9-14(3,4)13(2)19)10-16(7,8)21-11-15(5,6)17-18-20/h12H,9-11H2,1-8H3,(H,17,20). The van der Waals surface area contributed by atoms with E-state index in [0.29, 0.717) is 12.5 Å². The van der Waals surface area contributed by atoms with Crippen molar-refractivity contribution in [2.24, 2.45) is 16.6 Å². The summed E-state index contributed by atoms with van der Waals surface area (Å²) >= 11 is 0. The first kappa shape index (κ1) is 20.0. The van der Waals surface area contributed by atoms with E-state index in [4.69, 9.17) is 4.74 Å². The summed E-state index contributed by atoms with van der Waals surface area (Å²) < 4.78 is 5.95. The maximum atomic E-state index is 11.6. The lowest BCUT2D eigenvalue weighted by atomic mass is 9.77. The van der Waals surface area contributed by atoms with Gasteiger partial charge in [-0.15, -0.1) is 4.91 Å². The van der Waals surface area contributed by atoms with Crippen molar-refractivity contribution in [1.29, 1.82) is 0 Å². The maximum absolute atomic E-state index is 11.6. The fraction of sp³-hybridized carbons (Fsp3) is 0.938. The summed E-state index contributed by atoms with van der Waals surface area (Å²) in [5.41, 5.74) is 1.41. The van der Waals surface area contributed by atoms with E-state index in [0.717, 1.165) is 12.8 Å². The van der Waals surface area contributed by atoms with Gasteiger partial charge in [-0.2, -0.15) is 0 Å². The first-order chi connectivity index (χ1) is 9.31. The zero-order chi connectivity index (χ0) is 16.9. The molecule has 0 fully saturated rings. The minimum absolute atomic E-state index is 0.218. The molecule has 0 amide bonds. The second kappa shape index (κ2) is 7.34. The van der Waals surface area contributed by atoms with Gasteiger partial charge in [-0.05, 0) is 53.4 Å². The minimum atomic E-state index is -0.485. The molecule has 5 nitrogen and oxygen atoms in total. The van der Waals surface area contributed by atoms with E-state index in [1.165, 1.54) is 0 Å². The largest absolute Gasteiger partial charge is 0.373 e. The first-order valence-corrected chi connectivity index (χ1v) is 7.56. The summed E-state index contributed by atoms with van der Waals surface area (Å²) in [5.74, 6) is 0.592. The Morgan fingerprint density at radius 1 is 1.14 bits per heavy atom. The zero-order valence-corrected chi connectivity index (χ0v) is 14.9. The highest BCUT2D eigenvalue weighted by Gasteiger charge is 2.31.